The van der Waals surface area contributed by atoms with Gasteiger partial charge in [-0.3, -0.25) is 9.59 Å². The number of aromatic nitrogens is 1. The Morgan fingerprint density at radius 1 is 1.12 bits per heavy atom. The predicted octanol–water partition coefficient (Wildman–Crippen LogP) is 5.25. The summed E-state index contributed by atoms with van der Waals surface area (Å²) in [7, 11) is 0. The van der Waals surface area contributed by atoms with Crippen LogP contribution < -0.4 is 14.9 Å². The van der Waals surface area contributed by atoms with Crippen LogP contribution in [0.15, 0.2) is 58.4 Å². The number of halogens is 1. The van der Waals surface area contributed by atoms with E-state index < -0.39 is 0 Å². The van der Waals surface area contributed by atoms with Crippen molar-refractivity contribution in [2.75, 3.05) is 11.9 Å². The number of H-pyrrole nitrogens is 1. The highest BCUT2D eigenvalue weighted by Crippen LogP contribution is 2.64. The van der Waals surface area contributed by atoms with Gasteiger partial charge in [0.25, 0.3) is 5.91 Å². The molecule has 33 heavy (non-hydrogen) atoms. The molecule has 1 aliphatic heterocycles. The Kier molecular flexibility index (Phi) is 5.30. The van der Waals surface area contributed by atoms with Crippen LogP contribution in [0.3, 0.4) is 0 Å². The molecule has 2 aliphatic carbocycles. The molecule has 2 saturated carbocycles. The minimum absolute atomic E-state index is 0.0121. The summed E-state index contributed by atoms with van der Waals surface area (Å²) in [5.41, 5.74) is 1.57. The van der Waals surface area contributed by atoms with Crippen molar-refractivity contribution in [3.63, 3.8) is 0 Å². The third-order valence-electron chi connectivity index (χ3n) is 7.21. The molecule has 3 aromatic rings. The van der Waals surface area contributed by atoms with E-state index >= 15 is 0 Å². The Labute approximate surface area is 198 Å². The van der Waals surface area contributed by atoms with Gasteiger partial charge in [0, 0.05) is 27.3 Å². The average Bonchev–Trinajstić information content (AvgIpc) is 3.52. The van der Waals surface area contributed by atoms with E-state index in [1.165, 1.54) is 54.9 Å². The van der Waals surface area contributed by atoms with Crippen LogP contribution in [0.1, 0.15) is 35.6 Å². The molecule has 3 aliphatic rings. The first-order chi connectivity index (χ1) is 16.1. The molecule has 5 atom stereocenters. The quantitative estimate of drug-likeness (QED) is 0.521. The van der Waals surface area contributed by atoms with Crippen molar-refractivity contribution in [1.82, 2.24) is 4.98 Å². The van der Waals surface area contributed by atoms with Gasteiger partial charge in [-0.1, -0.05) is 29.5 Å². The Bertz CT molecular complexity index is 1260. The highest BCUT2D eigenvalue weighted by molar-refractivity contribution is 8.00. The molecule has 170 valence electrons. The molecule has 0 saturated heterocycles. The zero-order valence-electron chi connectivity index (χ0n) is 17.8. The van der Waals surface area contributed by atoms with E-state index in [4.69, 9.17) is 4.74 Å². The van der Waals surface area contributed by atoms with Gasteiger partial charge in [0.15, 0.2) is 6.61 Å². The van der Waals surface area contributed by atoms with Gasteiger partial charge in [0.05, 0.1) is 5.03 Å². The molecular weight excluding hydrogens is 459 g/mol. The van der Waals surface area contributed by atoms with Crippen LogP contribution in [0.5, 0.6) is 5.75 Å². The molecule has 0 radical (unpaired) electrons. The lowest BCUT2D eigenvalue weighted by Gasteiger charge is -2.40. The van der Waals surface area contributed by atoms with Crippen LogP contribution >= 0.6 is 23.1 Å². The molecule has 2 N–H and O–H groups in total. The number of thiazole rings is 1. The number of fused-ring (bicyclic) bond motifs is 6. The minimum atomic E-state index is -0.353. The van der Waals surface area contributed by atoms with Crippen LogP contribution in [0.25, 0.3) is 0 Å². The third kappa shape index (κ3) is 3.79. The number of para-hydroxylation sites is 1. The van der Waals surface area contributed by atoms with Gasteiger partial charge in [0.1, 0.15) is 11.6 Å². The molecule has 2 heterocycles. The maximum atomic E-state index is 13.1. The molecular formula is C25H23FN2O3S2. The number of anilines is 1. The molecule has 4 unspecified atom stereocenters. The number of hydrogen-bond acceptors (Lipinski definition) is 5. The second-order valence-corrected chi connectivity index (χ2v) is 11.3. The first-order valence-electron chi connectivity index (χ1n) is 11.2. The molecule has 2 bridgehead atoms. The normalized spacial score (nSPS) is 27.1. The summed E-state index contributed by atoms with van der Waals surface area (Å²) in [4.78, 5) is 28.9. The standard InChI is InChI=1S/C25H23FN2O3S2/c26-15-7-9-16(10-8-15)27-19(29)12-31-18-4-2-1-3-17(18)21-20-13-5-6-14(11-13)22(20)32-24-23(21)33-25(30)28-24/h1-4,7-10,13-14,20-22H,5-6,11-12H2,(H,27,29)(H,28,30)/t13?,14?,20?,21-,22?/m1/s1. The number of hydrogen-bond donors (Lipinski definition) is 2. The number of amides is 1. The average molecular weight is 483 g/mol. The van der Waals surface area contributed by atoms with E-state index in [-0.39, 0.29) is 29.1 Å². The number of nitrogens with one attached hydrogen (secondary N) is 2. The zero-order valence-corrected chi connectivity index (χ0v) is 19.4. The van der Waals surface area contributed by atoms with E-state index in [0.717, 1.165) is 15.5 Å². The summed E-state index contributed by atoms with van der Waals surface area (Å²) in [6.07, 6.45) is 3.79. The van der Waals surface area contributed by atoms with Crippen LogP contribution in [0.2, 0.25) is 0 Å². The van der Waals surface area contributed by atoms with Crippen LogP contribution in [0.4, 0.5) is 10.1 Å². The lowest BCUT2D eigenvalue weighted by Crippen LogP contribution is -2.34. The first-order valence-corrected chi connectivity index (χ1v) is 12.9. The van der Waals surface area contributed by atoms with Gasteiger partial charge in [-0.2, -0.15) is 0 Å². The lowest BCUT2D eigenvalue weighted by atomic mass is 9.74. The SMILES string of the molecule is O=C(COc1ccccc1[C@H]1c2sc(=O)[nH]c2SC2C3CCC(C3)C21)Nc1ccc(F)cc1. The molecule has 2 aromatic carbocycles. The van der Waals surface area contributed by atoms with Gasteiger partial charge >= 0.3 is 4.87 Å². The number of ether oxygens (including phenoxy) is 1. The van der Waals surface area contributed by atoms with Gasteiger partial charge in [0.2, 0.25) is 0 Å². The molecule has 2 fully saturated rings. The maximum absolute atomic E-state index is 13.1. The van der Waals surface area contributed by atoms with Crippen LogP contribution in [0, 0.1) is 23.6 Å². The molecule has 8 heteroatoms. The maximum Gasteiger partial charge on any atom is 0.305 e. The summed E-state index contributed by atoms with van der Waals surface area (Å²) in [6.45, 7) is -0.147. The van der Waals surface area contributed by atoms with Crippen molar-refractivity contribution >= 4 is 34.7 Å². The first kappa shape index (κ1) is 21.0. The Hall–Kier alpha value is -2.58. The fourth-order valence-electron chi connectivity index (χ4n) is 5.94. The van der Waals surface area contributed by atoms with Crippen LogP contribution in [-0.4, -0.2) is 22.7 Å². The summed E-state index contributed by atoms with van der Waals surface area (Å²) in [5, 5.41) is 4.26. The van der Waals surface area contributed by atoms with E-state index in [2.05, 4.69) is 16.4 Å². The van der Waals surface area contributed by atoms with E-state index in [1.807, 2.05) is 30.0 Å². The van der Waals surface area contributed by atoms with Gasteiger partial charge in [-0.15, -0.1) is 11.8 Å². The monoisotopic (exact) mass is 482 g/mol. The van der Waals surface area contributed by atoms with Gasteiger partial charge < -0.3 is 15.0 Å². The van der Waals surface area contributed by atoms with Crippen molar-refractivity contribution in [3.8, 4) is 5.75 Å². The van der Waals surface area contributed by atoms with Crippen molar-refractivity contribution < 1.29 is 13.9 Å². The van der Waals surface area contributed by atoms with Crippen LogP contribution in [-0.2, 0) is 4.79 Å². The number of aromatic amines is 1. The smallest absolute Gasteiger partial charge is 0.305 e. The number of benzene rings is 2. The lowest BCUT2D eigenvalue weighted by molar-refractivity contribution is -0.118. The van der Waals surface area contributed by atoms with Gasteiger partial charge in [-0.05, 0) is 67.3 Å². The second kappa shape index (κ2) is 8.33. The Balaban J connectivity index is 1.28. The third-order valence-corrected chi connectivity index (χ3v) is 9.83. The number of rotatable bonds is 5. The van der Waals surface area contributed by atoms with Crippen molar-refractivity contribution in [1.29, 1.82) is 0 Å². The predicted molar refractivity (Wildman–Crippen MR) is 128 cm³/mol. The molecule has 5 nitrogen and oxygen atoms in total. The van der Waals surface area contributed by atoms with Crippen molar-refractivity contribution in [2.45, 2.75) is 35.5 Å². The zero-order chi connectivity index (χ0) is 22.5. The summed E-state index contributed by atoms with van der Waals surface area (Å²) >= 11 is 3.17. The van der Waals surface area contributed by atoms with Gasteiger partial charge in [-0.25, -0.2) is 4.39 Å². The molecule has 0 spiro atoms. The Morgan fingerprint density at radius 3 is 2.76 bits per heavy atom. The fourth-order valence-corrected chi connectivity index (χ4v) is 8.82. The Morgan fingerprint density at radius 2 is 1.91 bits per heavy atom. The molecule has 1 aromatic heterocycles. The highest BCUT2D eigenvalue weighted by atomic mass is 32.2. The largest absolute Gasteiger partial charge is 0.483 e. The summed E-state index contributed by atoms with van der Waals surface area (Å²) < 4.78 is 19.1. The van der Waals surface area contributed by atoms with Crippen molar-refractivity contribution in [3.05, 3.63) is 74.5 Å². The van der Waals surface area contributed by atoms with Crippen molar-refractivity contribution in [2.24, 2.45) is 17.8 Å². The van der Waals surface area contributed by atoms with E-state index in [0.29, 0.717) is 34.4 Å². The summed E-state index contributed by atoms with van der Waals surface area (Å²) in [6, 6.07) is 13.5. The number of carbonyl (C=O) groups excluding carboxylic acids is 1. The van der Waals surface area contributed by atoms with E-state index in [1.54, 1.807) is 0 Å². The number of carbonyl (C=O) groups is 1. The molecule has 6 rings (SSSR count). The van der Waals surface area contributed by atoms with E-state index in [9.17, 15) is 14.0 Å². The topological polar surface area (TPSA) is 71.2 Å². The summed E-state index contributed by atoms with van der Waals surface area (Å²) in [5.74, 6) is 1.97. The minimum Gasteiger partial charge on any atom is -0.483 e. The molecule has 1 amide bonds. The number of thioether (sulfide) groups is 1. The fraction of sp³-hybridized carbons (Fsp3) is 0.360. The highest BCUT2D eigenvalue weighted by Gasteiger charge is 2.55. The second-order valence-electron chi connectivity index (χ2n) is 9.06.